The topological polar surface area (TPSA) is 58.6 Å². The summed E-state index contributed by atoms with van der Waals surface area (Å²) in [4.78, 5) is 25.7. The van der Waals surface area contributed by atoms with Gasteiger partial charge in [-0.3, -0.25) is 9.59 Å². The Morgan fingerprint density at radius 2 is 1.81 bits per heavy atom. The molecule has 0 aliphatic heterocycles. The molecule has 0 atom stereocenters. The van der Waals surface area contributed by atoms with Gasteiger partial charge in [0.2, 0.25) is 11.8 Å². The molecule has 2 amide bonds. The Morgan fingerprint density at radius 1 is 1.08 bits per heavy atom. The first-order valence-corrected chi connectivity index (χ1v) is 8.68. The van der Waals surface area contributed by atoms with Crippen LogP contribution in [0.1, 0.15) is 23.6 Å². The van der Waals surface area contributed by atoms with E-state index in [0.29, 0.717) is 26.1 Å². The van der Waals surface area contributed by atoms with Gasteiger partial charge in [0.15, 0.2) is 0 Å². The molecule has 5 nitrogen and oxygen atoms in total. The zero-order chi connectivity index (χ0) is 18.9. The van der Waals surface area contributed by atoms with Crippen molar-refractivity contribution in [3.63, 3.8) is 0 Å². The maximum atomic E-state index is 12.1. The summed E-state index contributed by atoms with van der Waals surface area (Å²) >= 11 is 0. The SMILES string of the molecule is COc1ccc(CN(CCNC(=O)Cc2cccc(C)c2)C(C)=O)cc1. The average Bonchev–Trinajstić information content (AvgIpc) is 2.61. The van der Waals surface area contributed by atoms with Gasteiger partial charge < -0.3 is 15.0 Å². The average molecular weight is 354 g/mol. The van der Waals surface area contributed by atoms with Gasteiger partial charge in [0.05, 0.1) is 13.5 Å². The lowest BCUT2D eigenvalue weighted by atomic mass is 10.1. The molecule has 0 aliphatic rings. The summed E-state index contributed by atoms with van der Waals surface area (Å²) in [5, 5.41) is 2.89. The lowest BCUT2D eigenvalue weighted by Crippen LogP contribution is -2.37. The first kappa shape index (κ1) is 19.5. The van der Waals surface area contributed by atoms with Gasteiger partial charge in [-0.1, -0.05) is 42.0 Å². The van der Waals surface area contributed by atoms with Crippen molar-refractivity contribution in [2.24, 2.45) is 0 Å². The molecule has 2 aromatic rings. The fourth-order valence-electron chi connectivity index (χ4n) is 2.70. The molecule has 0 saturated carbocycles. The number of carbonyl (C=O) groups is 2. The molecule has 0 aliphatic carbocycles. The molecule has 0 unspecified atom stereocenters. The number of rotatable bonds is 8. The molecule has 0 bridgehead atoms. The van der Waals surface area contributed by atoms with Crippen molar-refractivity contribution >= 4 is 11.8 Å². The van der Waals surface area contributed by atoms with E-state index in [2.05, 4.69) is 5.32 Å². The summed E-state index contributed by atoms with van der Waals surface area (Å²) in [5.74, 6) is 0.726. The maximum Gasteiger partial charge on any atom is 0.224 e. The summed E-state index contributed by atoms with van der Waals surface area (Å²) in [6.45, 7) is 4.96. The van der Waals surface area contributed by atoms with Gasteiger partial charge in [-0.05, 0) is 30.2 Å². The number of aryl methyl sites for hydroxylation is 1. The van der Waals surface area contributed by atoms with Crippen LogP contribution in [-0.2, 0) is 22.6 Å². The molecule has 5 heteroatoms. The van der Waals surface area contributed by atoms with Gasteiger partial charge in [-0.2, -0.15) is 0 Å². The third kappa shape index (κ3) is 6.24. The van der Waals surface area contributed by atoms with E-state index in [1.807, 2.05) is 55.5 Å². The minimum Gasteiger partial charge on any atom is -0.497 e. The van der Waals surface area contributed by atoms with Crippen molar-refractivity contribution < 1.29 is 14.3 Å². The Labute approximate surface area is 155 Å². The number of amides is 2. The van der Waals surface area contributed by atoms with Crippen LogP contribution in [0.15, 0.2) is 48.5 Å². The van der Waals surface area contributed by atoms with Crippen LogP contribution in [0.3, 0.4) is 0 Å². The van der Waals surface area contributed by atoms with Crippen molar-refractivity contribution in [3.05, 3.63) is 65.2 Å². The van der Waals surface area contributed by atoms with E-state index in [0.717, 1.165) is 22.4 Å². The third-order valence-corrected chi connectivity index (χ3v) is 4.13. The molecular formula is C21H26N2O3. The molecule has 1 N–H and O–H groups in total. The highest BCUT2D eigenvalue weighted by molar-refractivity contribution is 5.78. The lowest BCUT2D eigenvalue weighted by Gasteiger charge is -2.21. The molecule has 0 spiro atoms. The fourth-order valence-corrected chi connectivity index (χ4v) is 2.70. The van der Waals surface area contributed by atoms with E-state index in [-0.39, 0.29) is 11.8 Å². The maximum absolute atomic E-state index is 12.1. The summed E-state index contributed by atoms with van der Waals surface area (Å²) in [6, 6.07) is 15.5. The van der Waals surface area contributed by atoms with Crippen LogP contribution in [0.25, 0.3) is 0 Å². The largest absolute Gasteiger partial charge is 0.497 e. The minimum atomic E-state index is -0.0384. The van der Waals surface area contributed by atoms with Gasteiger partial charge in [-0.25, -0.2) is 0 Å². The molecular weight excluding hydrogens is 328 g/mol. The van der Waals surface area contributed by atoms with Crippen molar-refractivity contribution in [3.8, 4) is 5.75 Å². The second kappa shape index (κ2) is 9.61. The monoisotopic (exact) mass is 354 g/mol. The molecule has 138 valence electrons. The van der Waals surface area contributed by atoms with Gasteiger partial charge in [0.1, 0.15) is 5.75 Å². The van der Waals surface area contributed by atoms with Crippen LogP contribution >= 0.6 is 0 Å². The predicted molar refractivity (Wildman–Crippen MR) is 102 cm³/mol. The number of hydrogen-bond acceptors (Lipinski definition) is 3. The van der Waals surface area contributed by atoms with E-state index < -0.39 is 0 Å². The Balaban J connectivity index is 1.82. The van der Waals surface area contributed by atoms with E-state index >= 15 is 0 Å². The molecule has 0 heterocycles. The van der Waals surface area contributed by atoms with Gasteiger partial charge in [0.25, 0.3) is 0 Å². The van der Waals surface area contributed by atoms with E-state index in [4.69, 9.17) is 4.74 Å². The van der Waals surface area contributed by atoms with Crippen molar-refractivity contribution in [2.45, 2.75) is 26.8 Å². The lowest BCUT2D eigenvalue weighted by molar-refractivity contribution is -0.130. The predicted octanol–water partition coefficient (Wildman–Crippen LogP) is 2.71. The van der Waals surface area contributed by atoms with E-state index in [1.54, 1.807) is 12.0 Å². The van der Waals surface area contributed by atoms with Crippen LogP contribution < -0.4 is 10.1 Å². The van der Waals surface area contributed by atoms with Gasteiger partial charge in [0, 0.05) is 26.6 Å². The number of benzene rings is 2. The first-order chi connectivity index (χ1) is 12.5. The van der Waals surface area contributed by atoms with Crippen LogP contribution in [0.4, 0.5) is 0 Å². The Kier molecular flexibility index (Phi) is 7.21. The molecule has 2 aromatic carbocycles. The minimum absolute atomic E-state index is 0.0197. The number of nitrogens with one attached hydrogen (secondary N) is 1. The molecule has 2 rings (SSSR count). The zero-order valence-electron chi connectivity index (χ0n) is 15.6. The molecule has 0 aromatic heterocycles. The summed E-state index contributed by atoms with van der Waals surface area (Å²) < 4.78 is 5.14. The van der Waals surface area contributed by atoms with Gasteiger partial charge >= 0.3 is 0 Å². The molecule has 0 radical (unpaired) electrons. The van der Waals surface area contributed by atoms with Crippen LogP contribution in [0.5, 0.6) is 5.75 Å². The van der Waals surface area contributed by atoms with Gasteiger partial charge in [-0.15, -0.1) is 0 Å². The normalized spacial score (nSPS) is 10.3. The fraction of sp³-hybridized carbons (Fsp3) is 0.333. The van der Waals surface area contributed by atoms with E-state index in [1.165, 1.54) is 6.92 Å². The Bertz CT molecular complexity index is 741. The molecule has 0 saturated heterocycles. The molecule has 26 heavy (non-hydrogen) atoms. The number of nitrogens with zero attached hydrogens (tertiary/aromatic N) is 1. The first-order valence-electron chi connectivity index (χ1n) is 8.68. The van der Waals surface area contributed by atoms with Crippen molar-refractivity contribution in [1.29, 1.82) is 0 Å². The Hall–Kier alpha value is -2.82. The summed E-state index contributed by atoms with van der Waals surface area (Å²) in [7, 11) is 1.62. The number of hydrogen-bond donors (Lipinski definition) is 1. The number of ether oxygens (including phenoxy) is 1. The third-order valence-electron chi connectivity index (χ3n) is 4.13. The van der Waals surface area contributed by atoms with E-state index in [9.17, 15) is 9.59 Å². The standard InChI is InChI=1S/C21H26N2O3/c1-16-5-4-6-19(13-16)14-21(25)22-11-12-23(17(2)24)15-18-7-9-20(26-3)10-8-18/h4-10,13H,11-12,14-15H2,1-3H3,(H,22,25). The number of carbonyl (C=O) groups excluding carboxylic acids is 2. The highest BCUT2D eigenvalue weighted by Gasteiger charge is 2.10. The second-order valence-corrected chi connectivity index (χ2v) is 6.30. The smallest absolute Gasteiger partial charge is 0.224 e. The highest BCUT2D eigenvalue weighted by Crippen LogP contribution is 2.13. The second-order valence-electron chi connectivity index (χ2n) is 6.30. The van der Waals surface area contributed by atoms with Crippen molar-refractivity contribution in [2.75, 3.05) is 20.2 Å². The summed E-state index contributed by atoms with van der Waals surface area (Å²) in [5.41, 5.74) is 3.15. The molecule has 0 fully saturated rings. The highest BCUT2D eigenvalue weighted by atomic mass is 16.5. The van der Waals surface area contributed by atoms with Crippen LogP contribution in [-0.4, -0.2) is 36.9 Å². The number of methoxy groups -OCH3 is 1. The summed E-state index contributed by atoms with van der Waals surface area (Å²) in [6.07, 6.45) is 0.347. The Morgan fingerprint density at radius 3 is 2.42 bits per heavy atom. The van der Waals surface area contributed by atoms with Crippen LogP contribution in [0.2, 0.25) is 0 Å². The van der Waals surface area contributed by atoms with Crippen LogP contribution in [0, 0.1) is 6.92 Å². The quantitative estimate of drug-likeness (QED) is 0.793. The zero-order valence-corrected chi connectivity index (χ0v) is 15.6. The van der Waals surface area contributed by atoms with Crippen molar-refractivity contribution in [1.82, 2.24) is 10.2 Å².